The van der Waals surface area contributed by atoms with Gasteiger partial charge < -0.3 is 10.4 Å². The van der Waals surface area contributed by atoms with Crippen molar-refractivity contribution in [2.24, 2.45) is 5.92 Å². The summed E-state index contributed by atoms with van der Waals surface area (Å²) in [6.45, 7) is 4.75. The van der Waals surface area contributed by atoms with Crippen molar-refractivity contribution in [2.45, 2.75) is 26.8 Å². The van der Waals surface area contributed by atoms with Gasteiger partial charge in [0.05, 0.1) is 12.7 Å². The number of nitrogens with zero attached hydrogens (tertiary/aromatic N) is 3. The first-order chi connectivity index (χ1) is 7.99. The van der Waals surface area contributed by atoms with E-state index in [-0.39, 0.29) is 11.6 Å². The number of carbonyl (C=O) groups excluding carboxylic acids is 1. The van der Waals surface area contributed by atoms with Gasteiger partial charge in [-0.1, -0.05) is 19.1 Å². The highest BCUT2D eigenvalue weighted by molar-refractivity contribution is 5.84. The predicted octanol–water partition coefficient (Wildman–Crippen LogP) is 0.139. The van der Waals surface area contributed by atoms with Crippen LogP contribution in [0.2, 0.25) is 0 Å². The lowest BCUT2D eigenvalue weighted by Gasteiger charge is -2.06. The van der Waals surface area contributed by atoms with Crippen LogP contribution in [0.5, 0.6) is 0 Å². The molecule has 0 unspecified atom stereocenters. The molecule has 0 atom stereocenters. The van der Waals surface area contributed by atoms with Crippen LogP contribution in [0, 0.1) is 5.92 Å². The van der Waals surface area contributed by atoms with E-state index in [1.54, 1.807) is 0 Å². The van der Waals surface area contributed by atoms with Gasteiger partial charge in [-0.3, -0.25) is 4.79 Å². The zero-order valence-corrected chi connectivity index (χ0v) is 9.88. The van der Waals surface area contributed by atoms with Gasteiger partial charge in [0.2, 0.25) is 5.91 Å². The average molecular weight is 240 g/mol. The minimum absolute atomic E-state index is 0.0152. The fourth-order valence-electron chi connectivity index (χ4n) is 1.26. The molecule has 1 amide bonds. The lowest BCUT2D eigenvalue weighted by molar-refractivity contribution is -0.121. The molecule has 7 nitrogen and oxygen atoms in total. The molecule has 0 spiro atoms. The molecule has 1 aromatic rings. The number of carboxylic acids is 1. The first-order valence-electron chi connectivity index (χ1n) is 5.39. The number of hydrogen-bond acceptors (Lipinski definition) is 4. The monoisotopic (exact) mass is 240 g/mol. The van der Waals surface area contributed by atoms with Gasteiger partial charge in [-0.15, -0.1) is 5.10 Å². The molecule has 1 heterocycles. The lowest BCUT2D eigenvalue weighted by atomic mass is 10.1. The normalized spacial score (nSPS) is 10.5. The highest BCUT2D eigenvalue weighted by Gasteiger charge is 2.08. The number of nitrogens with one attached hydrogen (secondary N) is 1. The van der Waals surface area contributed by atoms with Crippen molar-refractivity contribution < 1.29 is 14.7 Å². The first-order valence-corrected chi connectivity index (χ1v) is 5.39. The van der Waals surface area contributed by atoms with Crippen molar-refractivity contribution in [1.82, 2.24) is 20.3 Å². The molecular formula is C10H16N4O3. The molecule has 0 aliphatic carbocycles. The number of rotatable bonds is 6. The van der Waals surface area contributed by atoms with Gasteiger partial charge in [0.25, 0.3) is 0 Å². The van der Waals surface area contributed by atoms with E-state index in [9.17, 15) is 9.59 Å². The summed E-state index contributed by atoms with van der Waals surface area (Å²) in [7, 11) is 0. The zero-order chi connectivity index (χ0) is 12.8. The third kappa shape index (κ3) is 4.62. The molecule has 0 saturated heterocycles. The largest absolute Gasteiger partial charge is 0.476 e. The second-order valence-electron chi connectivity index (χ2n) is 4.12. The van der Waals surface area contributed by atoms with Gasteiger partial charge in [-0.25, -0.2) is 9.48 Å². The number of carboxylic acid groups (broad SMARTS) is 1. The number of aromatic carboxylic acids is 1. The summed E-state index contributed by atoms with van der Waals surface area (Å²) in [5, 5.41) is 18.4. The van der Waals surface area contributed by atoms with Crippen molar-refractivity contribution >= 4 is 11.9 Å². The van der Waals surface area contributed by atoms with Crippen LogP contribution in [0.25, 0.3) is 0 Å². The summed E-state index contributed by atoms with van der Waals surface area (Å²) in [5.74, 6) is -0.807. The van der Waals surface area contributed by atoms with Crippen LogP contribution in [0.4, 0.5) is 0 Å². The van der Waals surface area contributed by atoms with Crippen LogP contribution in [-0.4, -0.2) is 38.5 Å². The maximum atomic E-state index is 11.3. The molecule has 7 heteroatoms. The Bertz CT molecular complexity index is 400. The third-order valence-corrected chi connectivity index (χ3v) is 2.01. The molecule has 0 aromatic carbocycles. The lowest BCUT2D eigenvalue weighted by Crippen LogP contribution is -2.28. The van der Waals surface area contributed by atoms with Gasteiger partial charge >= 0.3 is 5.97 Å². The van der Waals surface area contributed by atoms with Crippen LogP contribution in [0.15, 0.2) is 6.20 Å². The Kier molecular flexibility index (Phi) is 4.62. The fraction of sp³-hybridized carbons (Fsp3) is 0.600. The Hall–Kier alpha value is -1.92. The summed E-state index contributed by atoms with van der Waals surface area (Å²) in [4.78, 5) is 21.8. The van der Waals surface area contributed by atoms with Crippen LogP contribution >= 0.6 is 0 Å². The van der Waals surface area contributed by atoms with Crippen LogP contribution in [0.1, 0.15) is 30.8 Å². The molecule has 0 saturated carbocycles. The van der Waals surface area contributed by atoms with Gasteiger partial charge in [0.1, 0.15) is 0 Å². The summed E-state index contributed by atoms with van der Waals surface area (Å²) >= 11 is 0. The predicted molar refractivity (Wildman–Crippen MR) is 59.4 cm³/mol. The van der Waals surface area contributed by atoms with Gasteiger partial charge in [0, 0.05) is 13.0 Å². The summed E-state index contributed by atoms with van der Waals surface area (Å²) in [6, 6.07) is 0. The molecule has 1 aromatic heterocycles. The second kappa shape index (κ2) is 5.97. The van der Waals surface area contributed by atoms with E-state index in [1.807, 2.05) is 13.8 Å². The Morgan fingerprint density at radius 1 is 1.53 bits per heavy atom. The summed E-state index contributed by atoms with van der Waals surface area (Å²) in [5.41, 5.74) is -0.0986. The van der Waals surface area contributed by atoms with E-state index in [4.69, 9.17) is 5.11 Å². The van der Waals surface area contributed by atoms with Crippen molar-refractivity contribution in [3.05, 3.63) is 11.9 Å². The Labute approximate surface area is 98.8 Å². The van der Waals surface area contributed by atoms with Gasteiger partial charge in [-0.2, -0.15) is 0 Å². The minimum Gasteiger partial charge on any atom is -0.476 e. The second-order valence-corrected chi connectivity index (χ2v) is 4.12. The van der Waals surface area contributed by atoms with E-state index < -0.39 is 5.97 Å². The van der Waals surface area contributed by atoms with Crippen molar-refractivity contribution in [3.63, 3.8) is 0 Å². The maximum Gasteiger partial charge on any atom is 0.358 e. The quantitative estimate of drug-likeness (QED) is 0.737. The standard InChI is InChI=1S/C10H16N4O3/c1-7(2)5-9(15)11-3-4-14-6-8(10(16)17)12-13-14/h6-7H,3-5H2,1-2H3,(H,11,15)(H,16,17). The molecule has 0 aliphatic rings. The number of hydrogen-bond donors (Lipinski definition) is 2. The fourth-order valence-corrected chi connectivity index (χ4v) is 1.26. The van der Waals surface area contributed by atoms with E-state index in [0.717, 1.165) is 0 Å². The number of carbonyl (C=O) groups is 2. The first kappa shape index (κ1) is 13.1. The highest BCUT2D eigenvalue weighted by Crippen LogP contribution is 1.98. The smallest absolute Gasteiger partial charge is 0.358 e. The molecule has 0 bridgehead atoms. The molecular weight excluding hydrogens is 224 g/mol. The van der Waals surface area contributed by atoms with Crippen LogP contribution in [-0.2, 0) is 11.3 Å². The minimum atomic E-state index is -1.11. The van der Waals surface area contributed by atoms with E-state index in [2.05, 4.69) is 15.6 Å². The van der Waals surface area contributed by atoms with Crippen molar-refractivity contribution in [3.8, 4) is 0 Å². The SMILES string of the molecule is CC(C)CC(=O)NCCn1cc(C(=O)O)nn1. The average Bonchev–Trinajstić information content (AvgIpc) is 2.65. The Balaban J connectivity index is 2.31. The number of amides is 1. The molecule has 0 aliphatic heterocycles. The van der Waals surface area contributed by atoms with Crippen molar-refractivity contribution in [2.75, 3.05) is 6.54 Å². The van der Waals surface area contributed by atoms with Crippen molar-refractivity contribution in [1.29, 1.82) is 0 Å². The third-order valence-electron chi connectivity index (χ3n) is 2.01. The Morgan fingerprint density at radius 3 is 2.76 bits per heavy atom. The topological polar surface area (TPSA) is 97.1 Å². The van der Waals surface area contributed by atoms with Crippen LogP contribution in [0.3, 0.4) is 0 Å². The summed E-state index contributed by atoms with van der Waals surface area (Å²) < 4.78 is 1.39. The molecule has 2 N–H and O–H groups in total. The maximum absolute atomic E-state index is 11.3. The summed E-state index contributed by atoms with van der Waals surface area (Å²) in [6.07, 6.45) is 1.81. The molecule has 94 valence electrons. The number of aromatic nitrogens is 3. The van der Waals surface area contributed by atoms with E-state index in [1.165, 1.54) is 10.9 Å². The molecule has 17 heavy (non-hydrogen) atoms. The van der Waals surface area contributed by atoms with Crippen LogP contribution < -0.4 is 5.32 Å². The van der Waals surface area contributed by atoms with Gasteiger partial charge in [0.15, 0.2) is 5.69 Å². The molecule has 0 fully saturated rings. The molecule has 0 radical (unpaired) electrons. The molecule has 1 rings (SSSR count). The zero-order valence-electron chi connectivity index (χ0n) is 9.88. The van der Waals surface area contributed by atoms with E-state index in [0.29, 0.717) is 25.4 Å². The highest BCUT2D eigenvalue weighted by atomic mass is 16.4. The Morgan fingerprint density at radius 2 is 2.24 bits per heavy atom. The van der Waals surface area contributed by atoms with Gasteiger partial charge in [-0.05, 0) is 5.92 Å². The van der Waals surface area contributed by atoms with E-state index >= 15 is 0 Å².